The second-order valence-electron chi connectivity index (χ2n) is 15.6. The molecule has 1 unspecified atom stereocenters. The number of fused-ring (bicyclic) bond motifs is 11. The lowest BCUT2D eigenvalue weighted by Gasteiger charge is -2.40. The number of nitrogens with zero attached hydrogens (tertiary/aromatic N) is 1. The van der Waals surface area contributed by atoms with Gasteiger partial charge >= 0.3 is 0 Å². The first-order valence-corrected chi connectivity index (χ1v) is 20.5. The first-order chi connectivity index (χ1) is 29.1. The van der Waals surface area contributed by atoms with Gasteiger partial charge in [-0.15, -0.1) is 0 Å². The van der Waals surface area contributed by atoms with Crippen molar-refractivity contribution in [3.05, 3.63) is 240 Å². The van der Waals surface area contributed by atoms with Gasteiger partial charge in [-0.3, -0.25) is 0 Å². The molecule has 2 aliphatic rings. The minimum absolute atomic E-state index is 0.572. The molecule has 1 spiro atoms. The number of ether oxygens (including phenoxy) is 1. The van der Waals surface area contributed by atoms with Crippen LogP contribution in [0.5, 0.6) is 11.5 Å². The monoisotopic (exact) mass is 755 g/mol. The summed E-state index contributed by atoms with van der Waals surface area (Å²) in [4.78, 5) is 2.36. The number of hydrogen-bond acceptors (Lipinski definition) is 2. The lowest BCUT2D eigenvalue weighted by molar-refractivity contribution is 0.440. The van der Waals surface area contributed by atoms with Gasteiger partial charge in [0, 0.05) is 39.1 Å². The lowest BCUT2D eigenvalue weighted by atomic mass is 9.65. The van der Waals surface area contributed by atoms with E-state index in [2.05, 4.69) is 231 Å². The van der Waals surface area contributed by atoms with Crippen LogP contribution in [0.2, 0.25) is 0 Å². The fourth-order valence-corrected chi connectivity index (χ4v) is 9.72. The van der Waals surface area contributed by atoms with E-state index in [1.165, 1.54) is 61.0 Å². The molecule has 0 saturated heterocycles. The van der Waals surface area contributed by atoms with E-state index < -0.39 is 5.41 Å². The van der Waals surface area contributed by atoms with Gasteiger partial charge in [0.1, 0.15) is 11.5 Å². The SMILES string of the molecule is C/C=C\c1c(C)ccc2c1Oc1c(ccc3ccccc13)C21c2ccccc2-c2cc(-c3cccc(N(c4ccccc4)c4cccc(-c5ccccc5)c4)c3)ccc21. The van der Waals surface area contributed by atoms with Gasteiger partial charge in [0.15, 0.2) is 0 Å². The van der Waals surface area contributed by atoms with E-state index in [1.807, 2.05) is 0 Å². The molecule has 0 bridgehead atoms. The second-order valence-corrected chi connectivity index (χ2v) is 15.6. The van der Waals surface area contributed by atoms with Crippen LogP contribution in [0.15, 0.2) is 206 Å². The molecule has 1 heterocycles. The summed E-state index contributed by atoms with van der Waals surface area (Å²) >= 11 is 0. The molecule has 0 fully saturated rings. The molecule has 1 atom stereocenters. The Hall–Kier alpha value is -7.42. The molecule has 2 heteroatoms. The Morgan fingerprint density at radius 2 is 1.02 bits per heavy atom. The maximum Gasteiger partial charge on any atom is 0.140 e. The van der Waals surface area contributed by atoms with Crippen molar-refractivity contribution in [3.8, 4) is 44.9 Å². The molecule has 280 valence electrons. The molecule has 9 aromatic carbocycles. The summed E-state index contributed by atoms with van der Waals surface area (Å²) in [5.74, 6) is 1.87. The average molecular weight is 756 g/mol. The number of benzene rings is 9. The first-order valence-electron chi connectivity index (χ1n) is 20.5. The van der Waals surface area contributed by atoms with Crippen molar-refractivity contribution in [3.63, 3.8) is 0 Å². The van der Waals surface area contributed by atoms with Gasteiger partial charge in [-0.1, -0.05) is 170 Å². The number of allylic oxidation sites excluding steroid dienone is 1. The van der Waals surface area contributed by atoms with E-state index in [1.54, 1.807) is 0 Å². The number of hydrogen-bond donors (Lipinski definition) is 0. The van der Waals surface area contributed by atoms with Crippen molar-refractivity contribution >= 4 is 33.9 Å². The summed E-state index contributed by atoms with van der Waals surface area (Å²) in [5, 5.41) is 2.29. The minimum Gasteiger partial charge on any atom is -0.455 e. The lowest BCUT2D eigenvalue weighted by Crippen LogP contribution is -2.32. The quantitative estimate of drug-likeness (QED) is 0.168. The first kappa shape index (κ1) is 34.8. The Labute approximate surface area is 346 Å². The van der Waals surface area contributed by atoms with E-state index in [-0.39, 0.29) is 0 Å². The van der Waals surface area contributed by atoms with E-state index in [9.17, 15) is 0 Å². The van der Waals surface area contributed by atoms with Crippen molar-refractivity contribution < 1.29 is 4.74 Å². The van der Waals surface area contributed by atoms with Crippen LogP contribution in [-0.4, -0.2) is 0 Å². The fraction of sp³-hybridized carbons (Fsp3) is 0.0526. The van der Waals surface area contributed by atoms with Crippen molar-refractivity contribution in [1.82, 2.24) is 0 Å². The number of rotatable bonds is 6. The van der Waals surface area contributed by atoms with Gasteiger partial charge in [0.25, 0.3) is 0 Å². The third-order valence-electron chi connectivity index (χ3n) is 12.3. The molecule has 0 radical (unpaired) electrons. The van der Waals surface area contributed by atoms with Gasteiger partial charge in [0.2, 0.25) is 0 Å². The molecule has 59 heavy (non-hydrogen) atoms. The van der Waals surface area contributed by atoms with E-state index in [0.29, 0.717) is 0 Å². The van der Waals surface area contributed by atoms with Crippen molar-refractivity contribution in [1.29, 1.82) is 0 Å². The summed E-state index contributed by atoms with van der Waals surface area (Å²) in [6.07, 6.45) is 4.32. The summed E-state index contributed by atoms with van der Waals surface area (Å²) in [7, 11) is 0. The predicted octanol–water partition coefficient (Wildman–Crippen LogP) is 15.5. The Morgan fingerprint density at radius 1 is 0.441 bits per heavy atom. The Balaban J connectivity index is 1.11. The molecule has 0 aromatic heterocycles. The average Bonchev–Trinajstić information content (AvgIpc) is 3.58. The molecular weight excluding hydrogens is 715 g/mol. The van der Waals surface area contributed by atoms with Gasteiger partial charge in [-0.25, -0.2) is 0 Å². The standard InChI is InChI=1S/C57H41NO/c1-3-16-47-38(2)29-32-53-55(47)59-56-48-26-11-10-19-40(48)30-34-54(56)57(53)51-28-13-12-27-49(51)50-37-43(31-33-52(50)57)42-21-15-25-46(36-42)58(44-22-8-5-9-23-44)45-24-14-20-41(35-45)39-17-6-4-7-18-39/h3-37H,1-2H3/b16-3-. The largest absolute Gasteiger partial charge is 0.455 e. The minimum atomic E-state index is -0.572. The zero-order chi connectivity index (χ0) is 39.5. The maximum atomic E-state index is 7.15. The molecule has 0 amide bonds. The summed E-state index contributed by atoms with van der Waals surface area (Å²) in [6, 6.07) is 73.0. The van der Waals surface area contributed by atoms with Gasteiger partial charge in [-0.05, 0) is 112 Å². The van der Waals surface area contributed by atoms with Crippen LogP contribution in [0.3, 0.4) is 0 Å². The van der Waals surface area contributed by atoms with Crippen LogP contribution in [0, 0.1) is 6.92 Å². The smallest absolute Gasteiger partial charge is 0.140 e. The van der Waals surface area contributed by atoms with Gasteiger partial charge in [-0.2, -0.15) is 0 Å². The number of anilines is 3. The van der Waals surface area contributed by atoms with Gasteiger partial charge in [0.05, 0.1) is 5.41 Å². The highest BCUT2D eigenvalue weighted by Crippen LogP contribution is 2.64. The third-order valence-corrected chi connectivity index (χ3v) is 12.3. The van der Waals surface area contributed by atoms with Crippen LogP contribution >= 0.6 is 0 Å². The zero-order valence-corrected chi connectivity index (χ0v) is 33.1. The second kappa shape index (κ2) is 13.9. The van der Waals surface area contributed by atoms with Crippen LogP contribution in [0.25, 0.3) is 50.2 Å². The maximum absolute atomic E-state index is 7.15. The van der Waals surface area contributed by atoms with Crippen molar-refractivity contribution in [2.45, 2.75) is 19.3 Å². The number of para-hydroxylation sites is 1. The topological polar surface area (TPSA) is 12.5 Å². The van der Waals surface area contributed by atoms with E-state index >= 15 is 0 Å². The predicted molar refractivity (Wildman–Crippen MR) is 246 cm³/mol. The Morgan fingerprint density at radius 3 is 1.80 bits per heavy atom. The fourth-order valence-electron chi connectivity index (χ4n) is 9.72. The molecule has 1 aliphatic carbocycles. The van der Waals surface area contributed by atoms with Crippen molar-refractivity contribution in [2.75, 3.05) is 4.90 Å². The summed E-state index contributed by atoms with van der Waals surface area (Å²) < 4.78 is 7.15. The third kappa shape index (κ3) is 5.41. The van der Waals surface area contributed by atoms with Crippen LogP contribution in [-0.2, 0) is 5.41 Å². The van der Waals surface area contributed by atoms with Crippen molar-refractivity contribution in [2.24, 2.45) is 0 Å². The highest BCUT2D eigenvalue weighted by atomic mass is 16.5. The zero-order valence-electron chi connectivity index (χ0n) is 33.1. The molecule has 0 N–H and O–H groups in total. The Bertz CT molecular complexity index is 3110. The van der Waals surface area contributed by atoms with Crippen LogP contribution < -0.4 is 9.64 Å². The van der Waals surface area contributed by atoms with Crippen LogP contribution in [0.4, 0.5) is 17.1 Å². The summed E-state index contributed by atoms with van der Waals surface area (Å²) in [6.45, 7) is 4.26. The number of aryl methyl sites for hydroxylation is 1. The molecular formula is C57H41NO. The van der Waals surface area contributed by atoms with E-state index in [0.717, 1.165) is 45.1 Å². The highest BCUT2D eigenvalue weighted by Gasteiger charge is 2.52. The molecule has 2 nitrogen and oxygen atoms in total. The molecule has 11 rings (SSSR count). The van der Waals surface area contributed by atoms with Crippen LogP contribution in [0.1, 0.15) is 40.3 Å². The highest BCUT2D eigenvalue weighted by molar-refractivity contribution is 5.97. The summed E-state index contributed by atoms with van der Waals surface area (Å²) in [5.41, 5.74) is 17.2. The normalized spacial score (nSPS) is 14.7. The molecule has 9 aromatic rings. The van der Waals surface area contributed by atoms with E-state index in [4.69, 9.17) is 4.74 Å². The van der Waals surface area contributed by atoms with Gasteiger partial charge < -0.3 is 9.64 Å². The molecule has 0 saturated carbocycles. The Kier molecular flexibility index (Phi) is 8.20. The molecule has 1 aliphatic heterocycles.